The molecule has 3 fully saturated rings. The van der Waals surface area contributed by atoms with E-state index in [4.69, 9.17) is 9.47 Å². The minimum atomic E-state index is 0.0450. The van der Waals surface area contributed by atoms with Crippen LogP contribution in [0.5, 0.6) is 0 Å². The van der Waals surface area contributed by atoms with Crippen molar-refractivity contribution < 1.29 is 9.47 Å². The van der Waals surface area contributed by atoms with Crippen molar-refractivity contribution >= 4 is 11.8 Å². The van der Waals surface area contributed by atoms with Gasteiger partial charge in [-0.3, -0.25) is 0 Å². The largest absolute Gasteiger partial charge is 0.378 e. The molecule has 1 aliphatic carbocycles. The molecule has 18 heavy (non-hydrogen) atoms. The van der Waals surface area contributed by atoms with E-state index in [1.54, 1.807) is 0 Å². The molecule has 0 aromatic rings. The Kier molecular flexibility index (Phi) is 4.18. The summed E-state index contributed by atoms with van der Waals surface area (Å²) in [6.45, 7) is 2.59. The Hall–Kier alpha value is 0.230. The van der Waals surface area contributed by atoms with Crippen molar-refractivity contribution in [3.63, 3.8) is 0 Å². The summed E-state index contributed by atoms with van der Waals surface area (Å²) in [7, 11) is 0. The molecule has 1 spiro atoms. The average Bonchev–Trinajstić information content (AvgIpc) is 2.99. The normalized spacial score (nSPS) is 44.8. The van der Waals surface area contributed by atoms with Crippen molar-refractivity contribution in [3.05, 3.63) is 0 Å². The molecule has 2 aliphatic heterocycles. The van der Waals surface area contributed by atoms with Crippen molar-refractivity contribution in [2.24, 2.45) is 0 Å². The summed E-state index contributed by atoms with van der Waals surface area (Å²) in [6, 6.07) is 1.36. The summed E-state index contributed by atoms with van der Waals surface area (Å²) in [5.74, 6) is 0. The summed E-state index contributed by atoms with van der Waals surface area (Å²) in [5, 5.41) is 4.74. The molecule has 0 radical (unpaired) electrons. The molecular formula is C14H25NO2S. The van der Waals surface area contributed by atoms with E-state index in [9.17, 15) is 0 Å². The van der Waals surface area contributed by atoms with Crippen molar-refractivity contribution in [2.75, 3.05) is 26.1 Å². The van der Waals surface area contributed by atoms with Gasteiger partial charge in [0.25, 0.3) is 0 Å². The van der Waals surface area contributed by atoms with Gasteiger partial charge in [-0.25, -0.2) is 0 Å². The minimum Gasteiger partial charge on any atom is -0.378 e. The van der Waals surface area contributed by atoms with Gasteiger partial charge >= 0.3 is 0 Å². The van der Waals surface area contributed by atoms with Gasteiger partial charge in [0.15, 0.2) is 0 Å². The number of rotatable bonds is 3. The van der Waals surface area contributed by atoms with Gasteiger partial charge in [0.1, 0.15) is 0 Å². The van der Waals surface area contributed by atoms with Gasteiger partial charge < -0.3 is 14.8 Å². The van der Waals surface area contributed by atoms with Crippen LogP contribution < -0.4 is 5.32 Å². The van der Waals surface area contributed by atoms with E-state index < -0.39 is 0 Å². The van der Waals surface area contributed by atoms with Crippen LogP contribution in [0.4, 0.5) is 0 Å². The zero-order valence-electron chi connectivity index (χ0n) is 11.3. The third kappa shape index (κ3) is 2.72. The second-order valence-electron chi connectivity index (χ2n) is 6.00. The van der Waals surface area contributed by atoms with Gasteiger partial charge in [0.2, 0.25) is 0 Å². The van der Waals surface area contributed by atoms with Crippen molar-refractivity contribution in [1.29, 1.82) is 0 Å². The van der Waals surface area contributed by atoms with Crippen LogP contribution in [0.2, 0.25) is 0 Å². The Morgan fingerprint density at radius 2 is 2.17 bits per heavy atom. The van der Waals surface area contributed by atoms with Gasteiger partial charge in [-0.05, 0) is 31.9 Å². The molecule has 1 saturated carbocycles. The van der Waals surface area contributed by atoms with Crippen molar-refractivity contribution in [1.82, 2.24) is 5.32 Å². The molecule has 0 aromatic heterocycles. The first-order valence-corrected chi connectivity index (χ1v) is 8.61. The van der Waals surface area contributed by atoms with Crippen LogP contribution in [0.25, 0.3) is 0 Å². The molecule has 3 aliphatic rings. The highest BCUT2D eigenvalue weighted by Gasteiger charge is 2.42. The standard InChI is InChI=1S/C14H25NO2S/c1-18-13-4-2-3-12(13)15-11-5-7-17-14(9-11)6-8-16-10-14/h11-13,15H,2-10H2,1H3. The predicted octanol–water partition coefficient (Wildman–Crippen LogP) is 2.20. The number of hydrogen-bond donors (Lipinski definition) is 1. The number of ether oxygens (including phenoxy) is 2. The molecule has 4 heteroatoms. The first-order chi connectivity index (χ1) is 8.81. The topological polar surface area (TPSA) is 30.5 Å². The van der Waals surface area contributed by atoms with E-state index >= 15 is 0 Å². The van der Waals surface area contributed by atoms with E-state index in [1.165, 1.54) is 25.7 Å². The minimum absolute atomic E-state index is 0.0450. The highest BCUT2D eigenvalue weighted by molar-refractivity contribution is 7.99. The monoisotopic (exact) mass is 271 g/mol. The molecule has 0 amide bonds. The highest BCUT2D eigenvalue weighted by atomic mass is 32.2. The summed E-state index contributed by atoms with van der Waals surface area (Å²) in [4.78, 5) is 0. The second-order valence-corrected chi connectivity index (χ2v) is 7.08. The number of hydrogen-bond acceptors (Lipinski definition) is 4. The van der Waals surface area contributed by atoms with Crippen LogP contribution in [0.15, 0.2) is 0 Å². The highest BCUT2D eigenvalue weighted by Crippen LogP contribution is 2.35. The van der Waals surface area contributed by atoms with E-state index in [-0.39, 0.29) is 5.60 Å². The molecule has 104 valence electrons. The number of thioether (sulfide) groups is 1. The van der Waals surface area contributed by atoms with Crippen LogP contribution in [-0.2, 0) is 9.47 Å². The molecule has 4 atom stereocenters. The second kappa shape index (κ2) is 5.70. The average molecular weight is 271 g/mol. The lowest BCUT2D eigenvalue weighted by Crippen LogP contribution is -2.51. The molecule has 1 N–H and O–H groups in total. The van der Waals surface area contributed by atoms with Gasteiger partial charge in [-0.1, -0.05) is 6.42 Å². The number of nitrogens with one attached hydrogen (secondary N) is 1. The fourth-order valence-corrected chi connectivity index (χ4v) is 4.68. The third-order valence-electron chi connectivity index (χ3n) is 4.77. The Balaban J connectivity index is 1.56. The predicted molar refractivity (Wildman–Crippen MR) is 75.2 cm³/mol. The fraction of sp³-hybridized carbons (Fsp3) is 1.00. The Labute approximate surface area is 114 Å². The molecule has 0 bridgehead atoms. The smallest absolute Gasteiger partial charge is 0.0951 e. The molecule has 2 saturated heterocycles. The zero-order valence-corrected chi connectivity index (χ0v) is 12.1. The summed E-state index contributed by atoms with van der Waals surface area (Å²) in [5.41, 5.74) is 0.0450. The van der Waals surface area contributed by atoms with E-state index in [0.717, 1.165) is 44.0 Å². The van der Waals surface area contributed by atoms with E-state index in [1.807, 2.05) is 11.8 Å². The lowest BCUT2D eigenvalue weighted by atomic mass is 9.89. The van der Waals surface area contributed by atoms with Gasteiger partial charge in [0.05, 0.1) is 12.2 Å². The molecule has 3 nitrogen and oxygen atoms in total. The van der Waals surface area contributed by atoms with Gasteiger partial charge in [-0.15, -0.1) is 0 Å². The Morgan fingerprint density at radius 1 is 1.22 bits per heavy atom. The van der Waals surface area contributed by atoms with Crippen LogP contribution >= 0.6 is 11.8 Å². The fourth-order valence-electron chi connectivity index (χ4n) is 3.73. The van der Waals surface area contributed by atoms with Gasteiger partial charge in [0, 0.05) is 37.0 Å². The van der Waals surface area contributed by atoms with Gasteiger partial charge in [-0.2, -0.15) is 11.8 Å². The molecular weight excluding hydrogens is 246 g/mol. The first kappa shape index (κ1) is 13.2. The maximum Gasteiger partial charge on any atom is 0.0951 e. The van der Waals surface area contributed by atoms with Crippen molar-refractivity contribution in [3.8, 4) is 0 Å². The third-order valence-corrected chi connectivity index (χ3v) is 5.93. The SMILES string of the molecule is CSC1CCCC1NC1CCOC2(CCOC2)C1. The quantitative estimate of drug-likeness (QED) is 0.852. The van der Waals surface area contributed by atoms with E-state index in [2.05, 4.69) is 11.6 Å². The lowest BCUT2D eigenvalue weighted by molar-refractivity contribution is -0.0902. The Bertz CT molecular complexity index is 281. The molecule has 2 heterocycles. The maximum atomic E-state index is 6.00. The molecule has 4 unspecified atom stereocenters. The summed E-state index contributed by atoms with van der Waals surface area (Å²) >= 11 is 2.03. The lowest BCUT2D eigenvalue weighted by Gasteiger charge is -2.39. The summed E-state index contributed by atoms with van der Waals surface area (Å²) < 4.78 is 11.5. The zero-order chi connectivity index (χ0) is 12.4. The maximum absolute atomic E-state index is 6.00. The Morgan fingerprint density at radius 3 is 2.94 bits per heavy atom. The van der Waals surface area contributed by atoms with Crippen molar-refractivity contribution in [2.45, 2.75) is 61.5 Å². The molecule has 0 aromatic carbocycles. The van der Waals surface area contributed by atoms with E-state index in [0.29, 0.717) is 6.04 Å². The summed E-state index contributed by atoms with van der Waals surface area (Å²) in [6.07, 6.45) is 9.77. The van der Waals surface area contributed by atoms with Crippen LogP contribution in [-0.4, -0.2) is 49.0 Å². The first-order valence-electron chi connectivity index (χ1n) is 7.32. The van der Waals surface area contributed by atoms with Crippen LogP contribution in [0.3, 0.4) is 0 Å². The van der Waals surface area contributed by atoms with Crippen LogP contribution in [0.1, 0.15) is 38.5 Å². The molecule has 3 rings (SSSR count). The van der Waals surface area contributed by atoms with Crippen LogP contribution in [0, 0.1) is 0 Å².